The number of aliphatic hydroxyl groups is 3. The standard InChI is InChI=1S/C44H77O11P/c1-3-5-7-9-11-13-15-17-18-20-22-24-26-28-30-34-43(48)52-38-42(39-54-56(50,51)53-37-41(47)36-45)55-44(49)35-31-33-40(46)32-29-27-25-23-21-19-16-14-12-10-8-6-4-2/h12-15,19,21,25,27,29,32,40-42,45-47H,3-11,16-18,20,22-24,26,28,30-31,33-39H2,1-2H3,(H,50,51)/b14-12-,15-13-,21-19-,27-25-,32-29+/t40-,41-,42+/m0/s1. The molecule has 0 aliphatic carbocycles. The van der Waals surface area contributed by atoms with Gasteiger partial charge in [-0.25, -0.2) is 4.57 Å². The minimum atomic E-state index is -4.67. The van der Waals surface area contributed by atoms with Crippen molar-refractivity contribution in [3.05, 3.63) is 60.8 Å². The zero-order chi connectivity index (χ0) is 41.4. The number of phosphoric acid groups is 1. The van der Waals surface area contributed by atoms with Crippen molar-refractivity contribution in [3.63, 3.8) is 0 Å². The van der Waals surface area contributed by atoms with Crippen LogP contribution in [0.5, 0.6) is 0 Å². The van der Waals surface area contributed by atoms with E-state index in [0.29, 0.717) is 19.3 Å². The monoisotopic (exact) mass is 813 g/mol. The third-order valence-corrected chi connectivity index (χ3v) is 9.70. The molecule has 0 aromatic heterocycles. The van der Waals surface area contributed by atoms with Crippen LogP contribution in [-0.4, -0.2) is 76.9 Å². The molecule has 11 nitrogen and oxygen atoms in total. The van der Waals surface area contributed by atoms with E-state index in [9.17, 15) is 29.3 Å². The minimum Gasteiger partial charge on any atom is -0.462 e. The van der Waals surface area contributed by atoms with Crippen molar-refractivity contribution in [2.75, 3.05) is 26.4 Å². The number of rotatable bonds is 39. The fraction of sp³-hybridized carbons (Fsp3) is 0.727. The number of hydrogen-bond acceptors (Lipinski definition) is 10. The number of carbonyl (C=O) groups is 2. The maximum atomic E-state index is 12.6. The lowest BCUT2D eigenvalue weighted by molar-refractivity contribution is -0.161. The van der Waals surface area contributed by atoms with E-state index in [0.717, 1.165) is 44.9 Å². The van der Waals surface area contributed by atoms with Gasteiger partial charge in [-0.05, 0) is 70.6 Å². The Morgan fingerprint density at radius 3 is 1.79 bits per heavy atom. The average molecular weight is 813 g/mol. The molecule has 0 amide bonds. The zero-order valence-electron chi connectivity index (χ0n) is 34.7. The Kier molecular flexibility index (Phi) is 37.8. The summed E-state index contributed by atoms with van der Waals surface area (Å²) >= 11 is 0. The topological polar surface area (TPSA) is 169 Å². The largest absolute Gasteiger partial charge is 0.472 e. The molecule has 0 fully saturated rings. The Bertz CT molecular complexity index is 1130. The molecule has 0 bridgehead atoms. The van der Waals surface area contributed by atoms with E-state index in [1.54, 1.807) is 12.2 Å². The highest BCUT2D eigenvalue weighted by atomic mass is 31.2. The van der Waals surface area contributed by atoms with Crippen LogP contribution in [-0.2, 0) is 32.7 Å². The fourth-order valence-electron chi connectivity index (χ4n) is 5.38. The normalized spacial score (nSPS) is 15.0. The van der Waals surface area contributed by atoms with E-state index in [4.69, 9.17) is 19.1 Å². The first-order valence-corrected chi connectivity index (χ1v) is 22.8. The molecule has 56 heavy (non-hydrogen) atoms. The van der Waals surface area contributed by atoms with Crippen molar-refractivity contribution in [1.29, 1.82) is 0 Å². The molecule has 1 unspecified atom stereocenters. The van der Waals surface area contributed by atoms with Crippen molar-refractivity contribution < 1.29 is 52.9 Å². The first kappa shape index (κ1) is 53.6. The molecule has 4 atom stereocenters. The zero-order valence-corrected chi connectivity index (χ0v) is 35.6. The molecular formula is C44H77O11P. The highest BCUT2D eigenvalue weighted by Gasteiger charge is 2.27. The molecule has 0 rings (SSSR count). The molecular weight excluding hydrogens is 735 g/mol. The van der Waals surface area contributed by atoms with Crippen LogP contribution in [0.1, 0.15) is 162 Å². The number of esters is 2. The molecule has 12 heteroatoms. The van der Waals surface area contributed by atoms with E-state index >= 15 is 0 Å². The SMILES string of the molecule is CCCCC/C=C\C/C=C\C/C=C\C=C\[C@H](O)CCCC(=O)O[C@H](COC(=O)CCCCCCCCC/C=C\CCCCCC)COP(=O)(O)OC[C@@H](O)CO. The summed E-state index contributed by atoms with van der Waals surface area (Å²) in [7, 11) is -4.67. The second-order valence-corrected chi connectivity index (χ2v) is 15.7. The van der Waals surface area contributed by atoms with Crippen LogP contribution in [0.3, 0.4) is 0 Å². The summed E-state index contributed by atoms with van der Waals surface area (Å²) in [6, 6.07) is 0. The lowest BCUT2D eigenvalue weighted by Gasteiger charge is -2.20. The van der Waals surface area contributed by atoms with Crippen LogP contribution in [0.25, 0.3) is 0 Å². The summed E-state index contributed by atoms with van der Waals surface area (Å²) in [5.74, 6) is -1.14. The van der Waals surface area contributed by atoms with Gasteiger partial charge in [0.25, 0.3) is 0 Å². The van der Waals surface area contributed by atoms with Crippen LogP contribution < -0.4 is 0 Å². The summed E-state index contributed by atoms with van der Waals surface area (Å²) in [4.78, 5) is 35.0. The molecule has 4 N–H and O–H groups in total. The van der Waals surface area contributed by atoms with Gasteiger partial charge in [0.15, 0.2) is 6.10 Å². The first-order chi connectivity index (χ1) is 27.1. The number of allylic oxidation sites excluding steroid dienone is 9. The van der Waals surface area contributed by atoms with Gasteiger partial charge >= 0.3 is 19.8 Å². The summed E-state index contributed by atoms with van der Waals surface area (Å²) in [6.07, 6.45) is 39.3. The van der Waals surface area contributed by atoms with Gasteiger partial charge < -0.3 is 29.7 Å². The molecule has 0 aromatic rings. The van der Waals surface area contributed by atoms with Crippen LogP contribution in [0.2, 0.25) is 0 Å². The first-order valence-electron chi connectivity index (χ1n) is 21.4. The van der Waals surface area contributed by atoms with Crippen LogP contribution >= 0.6 is 7.82 Å². The molecule has 0 aliphatic heterocycles. The van der Waals surface area contributed by atoms with E-state index in [1.807, 2.05) is 12.2 Å². The highest BCUT2D eigenvalue weighted by Crippen LogP contribution is 2.43. The summed E-state index contributed by atoms with van der Waals surface area (Å²) < 4.78 is 32.5. The van der Waals surface area contributed by atoms with Crippen LogP contribution in [0, 0.1) is 0 Å². The van der Waals surface area contributed by atoms with Crippen molar-refractivity contribution in [2.24, 2.45) is 0 Å². The van der Waals surface area contributed by atoms with E-state index in [-0.39, 0.29) is 19.4 Å². The van der Waals surface area contributed by atoms with Gasteiger partial charge in [-0.3, -0.25) is 18.6 Å². The predicted molar refractivity (Wildman–Crippen MR) is 225 cm³/mol. The number of ether oxygens (including phenoxy) is 2. The predicted octanol–water partition coefficient (Wildman–Crippen LogP) is 10.1. The van der Waals surface area contributed by atoms with Gasteiger partial charge in [-0.15, -0.1) is 0 Å². The van der Waals surface area contributed by atoms with Gasteiger partial charge in [0.05, 0.1) is 25.9 Å². The van der Waals surface area contributed by atoms with Crippen molar-refractivity contribution in [3.8, 4) is 0 Å². The third-order valence-electron chi connectivity index (χ3n) is 8.75. The quantitative estimate of drug-likeness (QED) is 0.0153. The van der Waals surface area contributed by atoms with Crippen LogP contribution in [0.4, 0.5) is 0 Å². The Balaban J connectivity index is 4.53. The summed E-state index contributed by atoms with van der Waals surface area (Å²) in [5.41, 5.74) is 0. The highest BCUT2D eigenvalue weighted by molar-refractivity contribution is 7.47. The Labute approximate surface area is 338 Å². The molecule has 0 aromatic carbocycles. The second-order valence-electron chi connectivity index (χ2n) is 14.2. The van der Waals surface area contributed by atoms with Gasteiger partial charge in [0, 0.05) is 12.8 Å². The second kappa shape index (κ2) is 39.5. The Morgan fingerprint density at radius 2 is 1.12 bits per heavy atom. The van der Waals surface area contributed by atoms with Gasteiger partial charge in [0.2, 0.25) is 0 Å². The lowest BCUT2D eigenvalue weighted by Crippen LogP contribution is -2.30. The van der Waals surface area contributed by atoms with Crippen molar-refractivity contribution in [1.82, 2.24) is 0 Å². The fourth-order valence-corrected chi connectivity index (χ4v) is 6.17. The molecule has 0 aliphatic rings. The van der Waals surface area contributed by atoms with Crippen LogP contribution in [0.15, 0.2) is 60.8 Å². The number of hydrogen-bond donors (Lipinski definition) is 4. The number of phosphoric ester groups is 1. The Morgan fingerprint density at radius 1 is 0.607 bits per heavy atom. The van der Waals surface area contributed by atoms with E-state index < -0.39 is 57.9 Å². The van der Waals surface area contributed by atoms with E-state index in [2.05, 4.69) is 54.8 Å². The van der Waals surface area contributed by atoms with Gasteiger partial charge in [-0.1, -0.05) is 139 Å². The lowest BCUT2D eigenvalue weighted by atomic mass is 10.1. The molecule has 0 spiro atoms. The Hall–Kier alpha value is -2.37. The van der Waals surface area contributed by atoms with Gasteiger partial charge in [-0.2, -0.15) is 0 Å². The smallest absolute Gasteiger partial charge is 0.462 e. The molecule has 0 saturated heterocycles. The maximum Gasteiger partial charge on any atom is 0.472 e. The van der Waals surface area contributed by atoms with Crippen molar-refractivity contribution in [2.45, 2.75) is 180 Å². The molecule has 0 saturated carbocycles. The molecule has 324 valence electrons. The minimum absolute atomic E-state index is 0.0468. The number of unbranched alkanes of at least 4 members (excludes halogenated alkanes) is 14. The maximum absolute atomic E-state index is 12.6. The molecule has 0 heterocycles. The summed E-state index contributed by atoms with van der Waals surface area (Å²) in [6.45, 7) is 2.10. The summed E-state index contributed by atoms with van der Waals surface area (Å²) in [5, 5.41) is 28.6. The number of carbonyl (C=O) groups excluding carboxylic acids is 2. The van der Waals surface area contributed by atoms with Crippen molar-refractivity contribution >= 4 is 19.8 Å². The third kappa shape index (κ3) is 38.5. The number of aliphatic hydroxyl groups excluding tert-OH is 3. The van der Waals surface area contributed by atoms with E-state index in [1.165, 1.54) is 70.6 Å². The molecule has 0 radical (unpaired) electrons. The van der Waals surface area contributed by atoms with Gasteiger partial charge in [0.1, 0.15) is 12.7 Å². The average Bonchev–Trinajstić information content (AvgIpc) is 3.18.